The zero-order valence-corrected chi connectivity index (χ0v) is 22.2. The smallest absolute Gasteiger partial charge is 0.172 e. The van der Waals surface area contributed by atoms with Gasteiger partial charge < -0.3 is 19.4 Å². The van der Waals surface area contributed by atoms with Crippen molar-refractivity contribution in [1.82, 2.24) is 29.5 Å². The molecule has 10 nitrogen and oxygen atoms in total. The van der Waals surface area contributed by atoms with E-state index in [0.717, 1.165) is 27.5 Å². The number of hydrogen-bond donors (Lipinski definition) is 1. The minimum Gasteiger partial charge on any atom is -0.493 e. The number of rotatable bonds is 10. The highest BCUT2D eigenvalue weighted by Crippen LogP contribution is 2.39. The van der Waals surface area contributed by atoms with Crippen LogP contribution in [0.5, 0.6) is 11.5 Å². The summed E-state index contributed by atoms with van der Waals surface area (Å²) in [5, 5.41) is 23.0. The molecule has 0 spiro atoms. The highest BCUT2D eigenvalue weighted by Gasteiger charge is 2.16. The van der Waals surface area contributed by atoms with Gasteiger partial charge in [-0.15, -0.1) is 5.10 Å². The van der Waals surface area contributed by atoms with E-state index >= 15 is 0 Å². The van der Waals surface area contributed by atoms with E-state index in [4.69, 9.17) is 21.1 Å². The lowest BCUT2D eigenvalue weighted by Gasteiger charge is -2.16. The Morgan fingerprint density at radius 1 is 1.13 bits per heavy atom. The van der Waals surface area contributed by atoms with Crippen molar-refractivity contribution >= 4 is 45.6 Å². The number of aryl methyl sites for hydroxylation is 2. The molecule has 0 saturated carbocycles. The first-order valence-corrected chi connectivity index (χ1v) is 12.8. The summed E-state index contributed by atoms with van der Waals surface area (Å²) in [6.07, 6.45) is 9.36. The van der Waals surface area contributed by atoms with Crippen LogP contribution in [0.25, 0.3) is 10.9 Å². The number of imidazole rings is 1. The average Bonchev–Trinajstić information content (AvgIpc) is 3.59. The van der Waals surface area contributed by atoms with Crippen molar-refractivity contribution in [2.75, 3.05) is 19.0 Å². The van der Waals surface area contributed by atoms with Gasteiger partial charge in [-0.05, 0) is 24.3 Å². The molecule has 0 saturated heterocycles. The zero-order chi connectivity index (χ0) is 26.5. The van der Waals surface area contributed by atoms with Crippen molar-refractivity contribution in [3.8, 4) is 17.6 Å². The van der Waals surface area contributed by atoms with Crippen LogP contribution in [0.3, 0.4) is 0 Å². The number of nitrogens with one attached hydrogen (secondary N) is 1. The van der Waals surface area contributed by atoms with Crippen LogP contribution in [0, 0.1) is 11.3 Å². The maximum absolute atomic E-state index is 9.79. The van der Waals surface area contributed by atoms with E-state index in [-0.39, 0.29) is 0 Å². The fourth-order valence-electron chi connectivity index (χ4n) is 3.81. The largest absolute Gasteiger partial charge is 0.493 e. The molecule has 3 aromatic heterocycles. The second-order valence-electron chi connectivity index (χ2n) is 8.24. The summed E-state index contributed by atoms with van der Waals surface area (Å²) in [7, 11) is 3.51. The standard InChI is InChI=1S/C26H23ClN8O2S/c1-34-9-6-29-26(34)38-24-5-4-18(12-20(24)27)32-25-17(15-28)16-30-21-14-23(22(36-2)13-19(21)25)37-11-3-8-35-10-7-31-33-35/h4-7,9-10,12-14,16H,3,8,11H2,1-2H3,(H,30,32). The fourth-order valence-corrected chi connectivity index (χ4v) is 4.91. The number of benzene rings is 2. The number of halogens is 1. The number of ether oxygens (including phenoxy) is 2. The lowest BCUT2D eigenvalue weighted by molar-refractivity contribution is 0.280. The molecule has 0 aliphatic heterocycles. The third-order valence-corrected chi connectivity index (χ3v) is 7.29. The summed E-state index contributed by atoms with van der Waals surface area (Å²) in [6, 6.07) is 11.5. The van der Waals surface area contributed by atoms with Crippen LogP contribution in [-0.2, 0) is 13.6 Å². The summed E-state index contributed by atoms with van der Waals surface area (Å²) in [6.45, 7) is 1.15. The Morgan fingerprint density at radius 3 is 2.74 bits per heavy atom. The predicted molar refractivity (Wildman–Crippen MR) is 145 cm³/mol. The number of aromatic nitrogens is 6. The molecule has 38 heavy (non-hydrogen) atoms. The van der Waals surface area contributed by atoms with Gasteiger partial charge >= 0.3 is 0 Å². The lowest BCUT2D eigenvalue weighted by atomic mass is 10.1. The van der Waals surface area contributed by atoms with Gasteiger partial charge in [0.15, 0.2) is 16.7 Å². The second kappa shape index (κ2) is 11.4. The summed E-state index contributed by atoms with van der Waals surface area (Å²) in [5.41, 5.74) is 2.39. The minimum atomic E-state index is 0.392. The Labute approximate surface area is 228 Å². The third-order valence-electron chi connectivity index (χ3n) is 5.71. The molecular formula is C26H23ClN8O2S. The Kier molecular flexibility index (Phi) is 7.62. The molecule has 0 aliphatic carbocycles. The molecule has 2 aromatic carbocycles. The van der Waals surface area contributed by atoms with E-state index in [1.165, 1.54) is 11.8 Å². The maximum atomic E-state index is 9.79. The Hall–Kier alpha value is -4.27. The minimum absolute atomic E-state index is 0.392. The second-order valence-corrected chi connectivity index (χ2v) is 9.66. The first-order valence-electron chi connectivity index (χ1n) is 11.6. The van der Waals surface area contributed by atoms with Gasteiger partial charge in [0, 0.05) is 66.8 Å². The van der Waals surface area contributed by atoms with Crippen LogP contribution in [-0.4, -0.2) is 43.2 Å². The summed E-state index contributed by atoms with van der Waals surface area (Å²) in [4.78, 5) is 9.69. The number of pyridine rings is 1. The van der Waals surface area contributed by atoms with Crippen LogP contribution in [0.1, 0.15) is 12.0 Å². The van der Waals surface area contributed by atoms with E-state index < -0.39 is 0 Å². The molecule has 0 fully saturated rings. The summed E-state index contributed by atoms with van der Waals surface area (Å²) < 4.78 is 15.3. The van der Waals surface area contributed by atoms with Crippen molar-refractivity contribution < 1.29 is 9.47 Å². The monoisotopic (exact) mass is 546 g/mol. The maximum Gasteiger partial charge on any atom is 0.172 e. The van der Waals surface area contributed by atoms with E-state index in [1.807, 2.05) is 54.3 Å². The number of fused-ring (bicyclic) bond motifs is 1. The van der Waals surface area contributed by atoms with Crippen molar-refractivity contribution in [3.63, 3.8) is 0 Å². The molecule has 5 rings (SSSR count). The third kappa shape index (κ3) is 5.51. The van der Waals surface area contributed by atoms with Crippen molar-refractivity contribution in [3.05, 3.63) is 71.9 Å². The number of nitriles is 1. The molecule has 0 aliphatic rings. The van der Waals surface area contributed by atoms with Crippen molar-refractivity contribution in [1.29, 1.82) is 5.26 Å². The van der Waals surface area contributed by atoms with E-state index in [1.54, 1.807) is 30.4 Å². The van der Waals surface area contributed by atoms with Gasteiger partial charge in [-0.1, -0.05) is 28.6 Å². The predicted octanol–water partition coefficient (Wildman–Crippen LogP) is 5.46. The van der Waals surface area contributed by atoms with Gasteiger partial charge in [-0.3, -0.25) is 9.67 Å². The van der Waals surface area contributed by atoms with Crippen LogP contribution in [0.2, 0.25) is 5.02 Å². The molecule has 1 N–H and O–H groups in total. The Balaban J connectivity index is 1.39. The molecule has 192 valence electrons. The molecule has 5 aromatic rings. The SMILES string of the molecule is COc1cc2c(Nc3ccc(Sc4nccn4C)c(Cl)c3)c(C#N)cnc2cc1OCCCn1ccnn1. The van der Waals surface area contributed by atoms with Crippen molar-refractivity contribution in [2.45, 2.75) is 23.0 Å². The number of nitrogens with zero attached hydrogens (tertiary/aromatic N) is 7. The van der Waals surface area contributed by atoms with Gasteiger partial charge in [0.2, 0.25) is 0 Å². The highest BCUT2D eigenvalue weighted by molar-refractivity contribution is 7.99. The zero-order valence-electron chi connectivity index (χ0n) is 20.6. The first kappa shape index (κ1) is 25.4. The molecule has 12 heteroatoms. The first-order chi connectivity index (χ1) is 18.6. The molecule has 0 bridgehead atoms. The molecule has 3 heterocycles. The van der Waals surface area contributed by atoms with Gasteiger partial charge in [0.05, 0.1) is 41.7 Å². The molecular weight excluding hydrogens is 524 g/mol. The van der Waals surface area contributed by atoms with Crippen molar-refractivity contribution in [2.24, 2.45) is 7.05 Å². The molecule has 0 radical (unpaired) electrons. The Morgan fingerprint density at radius 2 is 2.03 bits per heavy atom. The van der Waals surface area contributed by atoms with E-state index in [0.29, 0.717) is 46.4 Å². The van der Waals surface area contributed by atoms with Crippen LogP contribution >= 0.6 is 23.4 Å². The van der Waals surface area contributed by atoms with Crippen LogP contribution in [0.4, 0.5) is 11.4 Å². The molecule has 0 amide bonds. The van der Waals surface area contributed by atoms with Gasteiger partial charge in [0.1, 0.15) is 6.07 Å². The number of hydrogen-bond acceptors (Lipinski definition) is 9. The quantitative estimate of drug-likeness (QED) is 0.228. The number of anilines is 2. The topological polar surface area (TPSA) is 116 Å². The Bertz CT molecular complexity index is 1610. The van der Waals surface area contributed by atoms with Crippen LogP contribution < -0.4 is 14.8 Å². The molecule has 0 unspecified atom stereocenters. The number of methoxy groups -OCH3 is 1. The van der Waals surface area contributed by atoms with Gasteiger partial charge in [-0.25, -0.2) is 4.98 Å². The van der Waals surface area contributed by atoms with Gasteiger partial charge in [0.25, 0.3) is 0 Å². The fraction of sp³-hybridized carbons (Fsp3) is 0.192. The normalized spacial score (nSPS) is 10.9. The summed E-state index contributed by atoms with van der Waals surface area (Å²) in [5.74, 6) is 1.11. The van der Waals surface area contributed by atoms with E-state index in [2.05, 4.69) is 31.7 Å². The average molecular weight is 547 g/mol. The van der Waals surface area contributed by atoms with Gasteiger partial charge in [-0.2, -0.15) is 5.26 Å². The van der Waals surface area contributed by atoms with E-state index in [9.17, 15) is 5.26 Å². The summed E-state index contributed by atoms with van der Waals surface area (Å²) >= 11 is 8.08. The van der Waals surface area contributed by atoms with Crippen LogP contribution in [0.15, 0.2) is 71.4 Å². The highest BCUT2D eigenvalue weighted by atomic mass is 35.5. The lowest BCUT2D eigenvalue weighted by Crippen LogP contribution is -2.06. The molecule has 0 atom stereocenters.